The fourth-order valence-electron chi connectivity index (χ4n) is 3.41. The summed E-state index contributed by atoms with van der Waals surface area (Å²) >= 11 is 0. The van der Waals surface area contributed by atoms with E-state index in [1.807, 2.05) is 22.9 Å². The first-order valence-electron chi connectivity index (χ1n) is 8.33. The summed E-state index contributed by atoms with van der Waals surface area (Å²) in [4.78, 5) is 4.35. The van der Waals surface area contributed by atoms with Gasteiger partial charge in [-0.05, 0) is 25.0 Å². The Hall–Kier alpha value is -3.02. The molecule has 2 atom stereocenters. The molecule has 6 heteroatoms. The Bertz CT molecular complexity index is 887. The van der Waals surface area contributed by atoms with Crippen molar-refractivity contribution in [3.63, 3.8) is 0 Å². The van der Waals surface area contributed by atoms with E-state index in [0.29, 0.717) is 5.95 Å². The van der Waals surface area contributed by atoms with Crippen LogP contribution in [-0.2, 0) is 0 Å². The van der Waals surface area contributed by atoms with Crippen LogP contribution in [-0.4, -0.2) is 21.9 Å². The number of aromatic nitrogens is 3. The van der Waals surface area contributed by atoms with Gasteiger partial charge in [0.1, 0.15) is 5.75 Å². The van der Waals surface area contributed by atoms with Crippen molar-refractivity contribution in [1.82, 2.24) is 14.8 Å². The predicted molar refractivity (Wildman–Crippen MR) is 97.7 cm³/mol. The highest BCUT2D eigenvalue weighted by Gasteiger charge is 2.32. The maximum Gasteiger partial charge on any atom is 0.241 e. The molecule has 1 aromatic heterocycles. The van der Waals surface area contributed by atoms with E-state index in [9.17, 15) is 0 Å². The van der Waals surface area contributed by atoms with Crippen LogP contribution in [0.1, 0.15) is 35.2 Å². The number of nitrogens with one attached hydrogen (secondary N) is 1. The number of benzene rings is 2. The number of fused-ring (bicyclic) bond motifs is 1. The van der Waals surface area contributed by atoms with Crippen molar-refractivity contribution in [3.8, 4) is 5.75 Å². The van der Waals surface area contributed by atoms with Gasteiger partial charge in [-0.1, -0.05) is 48.0 Å². The highest BCUT2D eigenvalue weighted by Crippen LogP contribution is 2.40. The summed E-state index contributed by atoms with van der Waals surface area (Å²) in [6, 6.07) is 16.7. The fourth-order valence-corrected chi connectivity index (χ4v) is 3.41. The third kappa shape index (κ3) is 2.80. The molecule has 0 fully saturated rings. The van der Waals surface area contributed by atoms with Crippen LogP contribution in [0.4, 0.5) is 11.9 Å². The van der Waals surface area contributed by atoms with Crippen molar-refractivity contribution in [2.45, 2.75) is 25.4 Å². The first kappa shape index (κ1) is 15.5. The molecule has 6 nitrogen and oxygen atoms in total. The number of nitrogens with two attached hydrogens (primary N) is 1. The van der Waals surface area contributed by atoms with E-state index in [2.05, 4.69) is 52.7 Å². The average Bonchev–Trinajstić information content (AvgIpc) is 3.01. The van der Waals surface area contributed by atoms with Crippen molar-refractivity contribution in [3.05, 3.63) is 65.2 Å². The predicted octanol–water partition coefficient (Wildman–Crippen LogP) is 3.32. The average molecular weight is 335 g/mol. The van der Waals surface area contributed by atoms with Crippen LogP contribution in [0.25, 0.3) is 0 Å². The van der Waals surface area contributed by atoms with E-state index in [4.69, 9.17) is 10.5 Å². The lowest BCUT2D eigenvalue weighted by molar-refractivity contribution is 0.380. The Labute approximate surface area is 146 Å². The Kier molecular flexibility index (Phi) is 3.80. The molecule has 1 aliphatic heterocycles. The van der Waals surface area contributed by atoms with Gasteiger partial charge in [-0.15, -0.1) is 5.10 Å². The van der Waals surface area contributed by atoms with E-state index in [-0.39, 0.29) is 18.0 Å². The van der Waals surface area contributed by atoms with Gasteiger partial charge >= 0.3 is 0 Å². The summed E-state index contributed by atoms with van der Waals surface area (Å²) in [5.74, 6) is 1.80. The molecule has 25 heavy (non-hydrogen) atoms. The van der Waals surface area contributed by atoms with E-state index < -0.39 is 0 Å². The minimum Gasteiger partial charge on any atom is -0.496 e. The standard InChI is InChI=1S/C19H21N5O/c1-12-7-9-13(10-8-12)15-11-16(14-5-3-4-6-17(14)25-2)24-19(21-15)22-18(20)23-24/h3-10,15-16H,11H2,1-2H3,(H3,20,21,22,23)/t15-,16+/m1/s1. The summed E-state index contributed by atoms with van der Waals surface area (Å²) in [5, 5.41) is 7.85. The summed E-state index contributed by atoms with van der Waals surface area (Å²) in [5.41, 5.74) is 9.40. The fraction of sp³-hybridized carbons (Fsp3) is 0.263. The molecule has 0 radical (unpaired) electrons. The van der Waals surface area contributed by atoms with Crippen molar-refractivity contribution in [2.24, 2.45) is 0 Å². The molecule has 3 aromatic rings. The van der Waals surface area contributed by atoms with Crippen LogP contribution in [0.5, 0.6) is 5.75 Å². The number of nitrogen functional groups attached to an aromatic ring is 1. The summed E-state index contributed by atoms with van der Waals surface area (Å²) in [6.45, 7) is 2.09. The maximum atomic E-state index is 5.86. The number of para-hydroxylation sites is 1. The molecule has 0 aliphatic carbocycles. The molecule has 0 saturated carbocycles. The minimum absolute atomic E-state index is 0.00324. The highest BCUT2D eigenvalue weighted by molar-refractivity contribution is 5.45. The van der Waals surface area contributed by atoms with Gasteiger partial charge < -0.3 is 15.8 Å². The molecule has 0 amide bonds. The lowest BCUT2D eigenvalue weighted by atomic mass is 9.92. The summed E-state index contributed by atoms with van der Waals surface area (Å²) < 4.78 is 7.42. The largest absolute Gasteiger partial charge is 0.496 e. The third-order valence-electron chi connectivity index (χ3n) is 4.68. The van der Waals surface area contributed by atoms with Crippen LogP contribution in [0, 0.1) is 6.92 Å². The first-order valence-corrected chi connectivity index (χ1v) is 8.33. The zero-order chi connectivity index (χ0) is 17.4. The lowest BCUT2D eigenvalue weighted by Gasteiger charge is -2.32. The molecule has 128 valence electrons. The first-order chi connectivity index (χ1) is 12.2. The topological polar surface area (TPSA) is 78.0 Å². The second-order valence-electron chi connectivity index (χ2n) is 6.34. The molecule has 2 aromatic carbocycles. The zero-order valence-electron chi connectivity index (χ0n) is 14.3. The van der Waals surface area contributed by atoms with E-state index in [0.717, 1.165) is 17.7 Å². The Morgan fingerprint density at radius 2 is 1.92 bits per heavy atom. The Morgan fingerprint density at radius 1 is 1.16 bits per heavy atom. The Morgan fingerprint density at radius 3 is 2.68 bits per heavy atom. The number of nitrogens with zero attached hydrogens (tertiary/aromatic N) is 3. The number of hydrogen-bond acceptors (Lipinski definition) is 5. The van der Waals surface area contributed by atoms with Crippen molar-refractivity contribution in [1.29, 1.82) is 0 Å². The summed E-state index contributed by atoms with van der Waals surface area (Å²) in [7, 11) is 1.69. The molecule has 4 rings (SSSR count). The second kappa shape index (κ2) is 6.12. The van der Waals surface area contributed by atoms with Gasteiger partial charge in [0, 0.05) is 5.56 Å². The maximum absolute atomic E-state index is 5.86. The SMILES string of the molecule is COc1ccccc1[C@@H]1C[C@H](c2ccc(C)cc2)Nc2nc(N)nn21. The number of hydrogen-bond donors (Lipinski definition) is 2. The van der Waals surface area contributed by atoms with E-state index in [1.165, 1.54) is 11.1 Å². The van der Waals surface area contributed by atoms with Gasteiger partial charge in [0.2, 0.25) is 11.9 Å². The van der Waals surface area contributed by atoms with Gasteiger partial charge in [-0.25, -0.2) is 4.68 Å². The van der Waals surface area contributed by atoms with Gasteiger partial charge in [-0.2, -0.15) is 4.98 Å². The Balaban J connectivity index is 1.78. The molecular formula is C19H21N5O. The smallest absolute Gasteiger partial charge is 0.241 e. The number of ether oxygens (including phenoxy) is 1. The van der Waals surface area contributed by atoms with Crippen molar-refractivity contribution in [2.75, 3.05) is 18.2 Å². The van der Waals surface area contributed by atoms with Crippen LogP contribution in [0.3, 0.4) is 0 Å². The van der Waals surface area contributed by atoms with Crippen LogP contribution in [0.2, 0.25) is 0 Å². The molecule has 3 N–H and O–H groups in total. The molecule has 0 bridgehead atoms. The second-order valence-corrected chi connectivity index (χ2v) is 6.34. The molecule has 0 unspecified atom stereocenters. The van der Waals surface area contributed by atoms with Crippen LogP contribution < -0.4 is 15.8 Å². The normalized spacial score (nSPS) is 19.1. The third-order valence-corrected chi connectivity index (χ3v) is 4.68. The quantitative estimate of drug-likeness (QED) is 0.768. The number of rotatable bonds is 3. The number of methoxy groups -OCH3 is 1. The minimum atomic E-state index is 0.00324. The monoisotopic (exact) mass is 335 g/mol. The number of aryl methyl sites for hydroxylation is 1. The molecular weight excluding hydrogens is 314 g/mol. The van der Waals surface area contributed by atoms with Crippen LogP contribution >= 0.6 is 0 Å². The van der Waals surface area contributed by atoms with Gasteiger partial charge in [0.25, 0.3) is 0 Å². The van der Waals surface area contributed by atoms with E-state index >= 15 is 0 Å². The lowest BCUT2D eigenvalue weighted by Crippen LogP contribution is -2.28. The van der Waals surface area contributed by atoms with Crippen molar-refractivity contribution < 1.29 is 4.74 Å². The number of anilines is 2. The van der Waals surface area contributed by atoms with Crippen LogP contribution in [0.15, 0.2) is 48.5 Å². The van der Waals surface area contributed by atoms with Crippen molar-refractivity contribution >= 4 is 11.9 Å². The highest BCUT2D eigenvalue weighted by atomic mass is 16.5. The molecule has 1 aliphatic rings. The molecule has 0 saturated heterocycles. The van der Waals surface area contributed by atoms with E-state index in [1.54, 1.807) is 7.11 Å². The zero-order valence-corrected chi connectivity index (χ0v) is 14.3. The molecule has 0 spiro atoms. The summed E-state index contributed by atoms with van der Waals surface area (Å²) in [6.07, 6.45) is 0.833. The van der Waals surface area contributed by atoms with Gasteiger partial charge in [0.15, 0.2) is 0 Å². The molecule has 2 heterocycles. The van der Waals surface area contributed by atoms with Gasteiger partial charge in [-0.3, -0.25) is 0 Å². The van der Waals surface area contributed by atoms with Gasteiger partial charge in [0.05, 0.1) is 19.2 Å².